The van der Waals surface area contributed by atoms with Crippen molar-refractivity contribution in [2.24, 2.45) is 0 Å². The summed E-state index contributed by atoms with van der Waals surface area (Å²) in [4.78, 5) is 10.4. The Morgan fingerprint density at radius 2 is 2.05 bits per heavy atom. The van der Waals surface area contributed by atoms with Gasteiger partial charge in [-0.05, 0) is 35.6 Å². The molecule has 0 aromatic heterocycles. The van der Waals surface area contributed by atoms with Crippen LogP contribution >= 0.6 is 0 Å². The van der Waals surface area contributed by atoms with E-state index in [9.17, 15) is 4.79 Å². The van der Waals surface area contributed by atoms with Crippen LogP contribution in [0.1, 0.15) is 31.9 Å². The molecule has 4 nitrogen and oxygen atoms in total. The van der Waals surface area contributed by atoms with Crippen LogP contribution in [0.4, 0.5) is 0 Å². The molecular formula is C15H23NO3. The van der Waals surface area contributed by atoms with Gasteiger partial charge in [-0.3, -0.25) is 4.79 Å². The monoisotopic (exact) mass is 265 g/mol. The fourth-order valence-corrected chi connectivity index (χ4v) is 1.86. The molecule has 0 heterocycles. The van der Waals surface area contributed by atoms with E-state index in [0.29, 0.717) is 6.54 Å². The molecule has 0 bridgehead atoms. The van der Waals surface area contributed by atoms with Gasteiger partial charge in [0.05, 0.1) is 13.7 Å². The summed E-state index contributed by atoms with van der Waals surface area (Å²) in [5, 5.41) is 11.5. The Morgan fingerprint density at radius 1 is 1.37 bits per heavy atom. The highest BCUT2D eigenvalue weighted by Gasteiger charge is 2.15. The average molecular weight is 265 g/mol. The van der Waals surface area contributed by atoms with E-state index in [4.69, 9.17) is 9.84 Å². The molecule has 0 unspecified atom stereocenters. The number of carboxylic acid groups (broad SMARTS) is 1. The van der Waals surface area contributed by atoms with Crippen molar-refractivity contribution in [3.05, 3.63) is 29.3 Å². The van der Waals surface area contributed by atoms with E-state index in [2.05, 4.69) is 38.2 Å². The Balaban J connectivity index is 2.76. The molecule has 1 aromatic carbocycles. The molecule has 106 valence electrons. The first-order chi connectivity index (χ1) is 8.84. The van der Waals surface area contributed by atoms with Crippen molar-refractivity contribution in [2.45, 2.75) is 32.6 Å². The van der Waals surface area contributed by atoms with Crippen molar-refractivity contribution in [1.29, 1.82) is 0 Å². The number of hydrogen-bond donors (Lipinski definition) is 2. The number of benzene rings is 1. The quantitative estimate of drug-likeness (QED) is 0.774. The number of nitrogens with one attached hydrogen (secondary N) is 1. The van der Waals surface area contributed by atoms with E-state index in [-0.39, 0.29) is 12.0 Å². The highest BCUT2D eigenvalue weighted by atomic mass is 16.5. The van der Waals surface area contributed by atoms with Gasteiger partial charge in [0, 0.05) is 0 Å². The largest absolute Gasteiger partial charge is 0.496 e. The minimum atomic E-state index is -0.838. The summed E-state index contributed by atoms with van der Waals surface area (Å²) in [7, 11) is 1.65. The van der Waals surface area contributed by atoms with Gasteiger partial charge >= 0.3 is 5.97 Å². The highest BCUT2D eigenvalue weighted by molar-refractivity contribution is 5.68. The van der Waals surface area contributed by atoms with E-state index < -0.39 is 5.97 Å². The van der Waals surface area contributed by atoms with Crippen molar-refractivity contribution in [3.8, 4) is 5.75 Å². The summed E-state index contributed by atoms with van der Waals surface area (Å²) in [6.07, 6.45) is 0.750. The minimum absolute atomic E-state index is 0.0126. The summed E-state index contributed by atoms with van der Waals surface area (Å²) >= 11 is 0. The third-order valence-corrected chi connectivity index (χ3v) is 2.99. The first-order valence-electron chi connectivity index (χ1n) is 6.44. The Kier molecular flexibility index (Phi) is 5.36. The van der Waals surface area contributed by atoms with Crippen LogP contribution < -0.4 is 10.1 Å². The van der Waals surface area contributed by atoms with E-state index in [0.717, 1.165) is 17.7 Å². The molecular weight excluding hydrogens is 242 g/mol. The van der Waals surface area contributed by atoms with Crippen LogP contribution in [0.25, 0.3) is 0 Å². The van der Waals surface area contributed by atoms with Gasteiger partial charge in [-0.25, -0.2) is 0 Å². The molecule has 1 rings (SSSR count). The maximum atomic E-state index is 10.4. The minimum Gasteiger partial charge on any atom is -0.496 e. The van der Waals surface area contributed by atoms with Crippen LogP contribution in [0.3, 0.4) is 0 Å². The van der Waals surface area contributed by atoms with Crippen LogP contribution in [0.2, 0.25) is 0 Å². The lowest BCUT2D eigenvalue weighted by Gasteiger charge is -2.21. The molecule has 0 saturated carbocycles. The van der Waals surface area contributed by atoms with Crippen LogP contribution in [0, 0.1) is 0 Å². The number of rotatable bonds is 6. The Morgan fingerprint density at radius 3 is 2.58 bits per heavy atom. The Bertz CT molecular complexity index is 436. The summed E-state index contributed by atoms with van der Waals surface area (Å²) in [5.74, 6) is 0.0144. The van der Waals surface area contributed by atoms with Gasteiger partial charge in [-0.2, -0.15) is 0 Å². The molecule has 0 spiro atoms. The Labute approximate surface area is 114 Å². The number of carboxylic acids is 1. The topological polar surface area (TPSA) is 58.6 Å². The van der Waals surface area contributed by atoms with E-state index in [1.165, 1.54) is 5.56 Å². The molecule has 0 fully saturated rings. The predicted molar refractivity (Wildman–Crippen MR) is 75.9 cm³/mol. The van der Waals surface area contributed by atoms with Crippen LogP contribution in [-0.2, 0) is 16.6 Å². The molecule has 2 N–H and O–H groups in total. The summed E-state index contributed by atoms with van der Waals surface area (Å²) in [6, 6.07) is 6.20. The van der Waals surface area contributed by atoms with E-state index in [1.54, 1.807) is 7.11 Å². The SMILES string of the molecule is COc1ccc(C(C)(C)C)cc1CCNCC(=O)O. The number of carbonyl (C=O) groups is 1. The number of ether oxygens (including phenoxy) is 1. The lowest BCUT2D eigenvalue weighted by atomic mass is 9.85. The summed E-state index contributed by atoms with van der Waals surface area (Å²) < 4.78 is 5.35. The summed E-state index contributed by atoms with van der Waals surface area (Å²) in [6.45, 7) is 7.11. The van der Waals surface area contributed by atoms with Crippen LogP contribution in [0.15, 0.2) is 18.2 Å². The predicted octanol–water partition coefficient (Wildman–Crippen LogP) is 2.21. The van der Waals surface area contributed by atoms with Gasteiger partial charge in [0.25, 0.3) is 0 Å². The first kappa shape index (κ1) is 15.5. The van der Waals surface area contributed by atoms with E-state index in [1.807, 2.05) is 6.07 Å². The first-order valence-corrected chi connectivity index (χ1v) is 6.44. The van der Waals surface area contributed by atoms with Crippen molar-refractivity contribution in [1.82, 2.24) is 5.32 Å². The third kappa shape index (κ3) is 4.91. The lowest BCUT2D eigenvalue weighted by Crippen LogP contribution is -2.24. The molecule has 0 aliphatic carbocycles. The average Bonchev–Trinajstić information content (AvgIpc) is 2.33. The normalized spacial score (nSPS) is 11.4. The van der Waals surface area contributed by atoms with Crippen molar-refractivity contribution in [3.63, 3.8) is 0 Å². The zero-order valence-corrected chi connectivity index (χ0v) is 12.1. The maximum absolute atomic E-state index is 10.4. The zero-order valence-electron chi connectivity index (χ0n) is 12.1. The van der Waals surface area contributed by atoms with Gasteiger partial charge in [0.15, 0.2) is 0 Å². The molecule has 0 atom stereocenters. The number of hydrogen-bond acceptors (Lipinski definition) is 3. The molecule has 0 aliphatic rings. The second-order valence-corrected chi connectivity index (χ2v) is 5.60. The molecule has 1 aromatic rings. The fraction of sp³-hybridized carbons (Fsp3) is 0.533. The van der Waals surface area contributed by atoms with Crippen LogP contribution in [-0.4, -0.2) is 31.3 Å². The second-order valence-electron chi connectivity index (χ2n) is 5.60. The third-order valence-electron chi connectivity index (χ3n) is 2.99. The molecule has 0 saturated heterocycles. The van der Waals surface area contributed by atoms with E-state index >= 15 is 0 Å². The number of methoxy groups -OCH3 is 1. The maximum Gasteiger partial charge on any atom is 0.317 e. The summed E-state index contributed by atoms with van der Waals surface area (Å²) in [5.41, 5.74) is 2.45. The smallest absolute Gasteiger partial charge is 0.317 e. The highest BCUT2D eigenvalue weighted by Crippen LogP contribution is 2.28. The Hall–Kier alpha value is -1.55. The van der Waals surface area contributed by atoms with Gasteiger partial charge < -0.3 is 15.2 Å². The van der Waals surface area contributed by atoms with Crippen molar-refractivity contribution < 1.29 is 14.6 Å². The molecule has 19 heavy (non-hydrogen) atoms. The van der Waals surface area contributed by atoms with Crippen LogP contribution in [0.5, 0.6) is 5.75 Å². The fourth-order valence-electron chi connectivity index (χ4n) is 1.86. The molecule has 0 amide bonds. The van der Waals surface area contributed by atoms with Crippen molar-refractivity contribution >= 4 is 5.97 Å². The number of aliphatic carboxylic acids is 1. The van der Waals surface area contributed by atoms with Gasteiger partial charge in [-0.15, -0.1) is 0 Å². The van der Waals surface area contributed by atoms with Crippen molar-refractivity contribution in [2.75, 3.05) is 20.2 Å². The molecule has 0 aliphatic heterocycles. The molecule has 0 radical (unpaired) electrons. The van der Waals surface area contributed by atoms with Gasteiger partial charge in [0.2, 0.25) is 0 Å². The molecule has 4 heteroatoms. The van der Waals surface area contributed by atoms with Gasteiger partial charge in [-0.1, -0.05) is 32.9 Å². The second kappa shape index (κ2) is 6.57. The zero-order chi connectivity index (χ0) is 14.5. The lowest BCUT2D eigenvalue weighted by molar-refractivity contribution is -0.135. The van der Waals surface area contributed by atoms with Gasteiger partial charge in [0.1, 0.15) is 5.75 Å². The standard InChI is InChI=1S/C15H23NO3/c1-15(2,3)12-5-6-13(19-4)11(9-12)7-8-16-10-14(17)18/h5-6,9,16H,7-8,10H2,1-4H3,(H,17,18).